The molecule has 1 aromatic heterocycles. The zero-order valence-electron chi connectivity index (χ0n) is 16.5. The molecule has 2 aliphatic rings. The van der Waals surface area contributed by atoms with Gasteiger partial charge in [0.15, 0.2) is 5.13 Å². The summed E-state index contributed by atoms with van der Waals surface area (Å²) >= 11 is 1.59. The van der Waals surface area contributed by atoms with Crippen LogP contribution in [0.4, 0.5) is 5.13 Å². The smallest absolute Gasteiger partial charge is 0.225 e. The zero-order chi connectivity index (χ0) is 18.4. The van der Waals surface area contributed by atoms with Crippen LogP contribution in [0.3, 0.4) is 0 Å². The molecule has 0 aromatic carbocycles. The average Bonchev–Trinajstić information content (AvgIpc) is 2.91. The molecule has 0 unspecified atom stereocenters. The summed E-state index contributed by atoms with van der Waals surface area (Å²) in [6.07, 6.45) is 8.23. The van der Waals surface area contributed by atoms with E-state index in [-0.39, 0.29) is 5.91 Å². The maximum absolute atomic E-state index is 11.7. The molecule has 0 spiro atoms. The summed E-state index contributed by atoms with van der Waals surface area (Å²) in [5.41, 5.74) is 1.11. The largest absolute Gasteiger partial charge is 0.303 e. The van der Waals surface area contributed by atoms with Gasteiger partial charge in [-0.05, 0) is 64.7 Å². The molecule has 0 saturated carbocycles. The second-order valence-electron chi connectivity index (χ2n) is 7.82. The Balaban J connectivity index is 1.44. The number of piperidine rings is 1. The van der Waals surface area contributed by atoms with Gasteiger partial charge in [0.05, 0.1) is 5.69 Å². The monoisotopic (exact) mass is 378 g/mol. The molecule has 3 rings (SSSR count). The van der Waals surface area contributed by atoms with Crippen LogP contribution in [0, 0.1) is 5.92 Å². The molecule has 2 fully saturated rings. The number of hydrogen-bond donors (Lipinski definition) is 0. The first kappa shape index (κ1) is 19.8. The van der Waals surface area contributed by atoms with Crippen molar-refractivity contribution in [3.63, 3.8) is 0 Å². The van der Waals surface area contributed by atoms with Crippen LogP contribution in [0.2, 0.25) is 0 Å². The second-order valence-corrected chi connectivity index (χ2v) is 8.66. The number of anilines is 1. The number of carbonyl (C=O) groups is 1. The van der Waals surface area contributed by atoms with Gasteiger partial charge in [0.1, 0.15) is 0 Å². The van der Waals surface area contributed by atoms with Crippen molar-refractivity contribution < 1.29 is 4.79 Å². The van der Waals surface area contributed by atoms with E-state index < -0.39 is 0 Å². The molecule has 0 aliphatic carbocycles. The number of nitrogens with zero attached hydrogens (tertiary/aromatic N) is 4. The van der Waals surface area contributed by atoms with Crippen LogP contribution in [0.25, 0.3) is 0 Å². The molecule has 2 saturated heterocycles. The molecule has 2 aliphatic heterocycles. The Kier molecular flexibility index (Phi) is 7.46. The van der Waals surface area contributed by atoms with Gasteiger partial charge in [-0.3, -0.25) is 14.6 Å². The van der Waals surface area contributed by atoms with E-state index in [1.807, 2.05) is 6.92 Å². The van der Waals surface area contributed by atoms with Crippen molar-refractivity contribution >= 4 is 22.4 Å². The summed E-state index contributed by atoms with van der Waals surface area (Å²) in [6, 6.07) is 0. The van der Waals surface area contributed by atoms with Gasteiger partial charge in [-0.2, -0.15) is 0 Å². The lowest BCUT2D eigenvalue weighted by molar-refractivity contribution is -0.116. The first-order valence-electron chi connectivity index (χ1n) is 10.3. The maximum atomic E-state index is 11.7. The molecular formula is C20H34N4OS. The number of carbonyl (C=O) groups excluding carboxylic acids is 1. The predicted octanol–water partition coefficient (Wildman–Crippen LogP) is 3.60. The van der Waals surface area contributed by atoms with Crippen molar-refractivity contribution in [2.24, 2.45) is 5.92 Å². The van der Waals surface area contributed by atoms with Crippen LogP contribution < -0.4 is 4.90 Å². The predicted molar refractivity (Wildman–Crippen MR) is 109 cm³/mol. The van der Waals surface area contributed by atoms with E-state index in [0.717, 1.165) is 23.3 Å². The van der Waals surface area contributed by atoms with Crippen molar-refractivity contribution in [2.75, 3.05) is 44.2 Å². The number of hydrogen-bond acceptors (Lipinski definition) is 5. The Labute approximate surface area is 162 Å². The lowest BCUT2D eigenvalue weighted by Gasteiger charge is -2.34. The molecule has 3 heterocycles. The molecule has 26 heavy (non-hydrogen) atoms. The Hall–Kier alpha value is -0.980. The van der Waals surface area contributed by atoms with Crippen molar-refractivity contribution in [1.29, 1.82) is 0 Å². The Morgan fingerprint density at radius 1 is 1.15 bits per heavy atom. The van der Waals surface area contributed by atoms with Gasteiger partial charge in [0, 0.05) is 31.9 Å². The SMILES string of the molecule is CCN(C(C)=O)c1nc(CN2CCC(CN3CCCCCC3)CC2)cs1. The minimum absolute atomic E-state index is 0.0720. The standard InChI is InChI=1S/C20H34N4OS/c1-3-24(17(2)25)20-21-19(16-26-20)15-23-12-8-18(9-13-23)14-22-10-6-4-5-7-11-22/h16,18H,3-15H2,1-2H3. The summed E-state index contributed by atoms with van der Waals surface area (Å²) in [4.78, 5) is 23.4. The van der Waals surface area contributed by atoms with Crippen molar-refractivity contribution in [1.82, 2.24) is 14.8 Å². The highest BCUT2D eigenvalue weighted by Crippen LogP contribution is 2.24. The van der Waals surface area contributed by atoms with E-state index in [0.29, 0.717) is 6.54 Å². The Morgan fingerprint density at radius 2 is 1.85 bits per heavy atom. The van der Waals surface area contributed by atoms with E-state index >= 15 is 0 Å². The van der Waals surface area contributed by atoms with Gasteiger partial charge in [0.25, 0.3) is 0 Å². The van der Waals surface area contributed by atoms with Gasteiger partial charge >= 0.3 is 0 Å². The molecule has 146 valence electrons. The molecule has 0 bridgehead atoms. The molecule has 1 amide bonds. The van der Waals surface area contributed by atoms with Crippen LogP contribution in [-0.2, 0) is 11.3 Å². The van der Waals surface area contributed by atoms with E-state index in [4.69, 9.17) is 4.98 Å². The summed E-state index contributed by atoms with van der Waals surface area (Å²) in [5.74, 6) is 0.936. The van der Waals surface area contributed by atoms with E-state index in [1.165, 1.54) is 71.2 Å². The number of aromatic nitrogens is 1. The van der Waals surface area contributed by atoms with Crippen LogP contribution in [-0.4, -0.2) is 60.0 Å². The molecular weight excluding hydrogens is 344 g/mol. The third-order valence-electron chi connectivity index (χ3n) is 5.77. The van der Waals surface area contributed by atoms with Crippen molar-refractivity contribution in [2.45, 2.75) is 58.9 Å². The summed E-state index contributed by atoms with van der Waals surface area (Å²) in [5, 5.41) is 2.95. The highest BCUT2D eigenvalue weighted by molar-refractivity contribution is 7.14. The summed E-state index contributed by atoms with van der Waals surface area (Å²) in [6.45, 7) is 11.5. The molecule has 5 nitrogen and oxygen atoms in total. The van der Waals surface area contributed by atoms with Gasteiger partial charge in [0.2, 0.25) is 5.91 Å². The van der Waals surface area contributed by atoms with Crippen LogP contribution >= 0.6 is 11.3 Å². The Morgan fingerprint density at radius 3 is 2.46 bits per heavy atom. The zero-order valence-corrected chi connectivity index (χ0v) is 17.3. The van der Waals surface area contributed by atoms with Crippen LogP contribution in [0.5, 0.6) is 0 Å². The van der Waals surface area contributed by atoms with Crippen molar-refractivity contribution in [3.8, 4) is 0 Å². The fourth-order valence-corrected chi connectivity index (χ4v) is 5.15. The normalized spacial score (nSPS) is 20.8. The number of rotatable bonds is 6. The van der Waals surface area contributed by atoms with E-state index in [2.05, 4.69) is 15.2 Å². The first-order chi connectivity index (χ1) is 12.7. The fraction of sp³-hybridized carbons (Fsp3) is 0.800. The second kappa shape index (κ2) is 9.81. The molecule has 0 N–H and O–H groups in total. The fourth-order valence-electron chi connectivity index (χ4n) is 4.23. The third-order valence-corrected chi connectivity index (χ3v) is 6.69. The molecule has 0 radical (unpaired) electrons. The average molecular weight is 379 g/mol. The minimum Gasteiger partial charge on any atom is -0.303 e. The lowest BCUT2D eigenvalue weighted by atomic mass is 9.96. The minimum atomic E-state index is 0.0720. The van der Waals surface area contributed by atoms with Gasteiger partial charge in [-0.25, -0.2) is 4.98 Å². The Bertz CT molecular complexity index is 560. The summed E-state index contributed by atoms with van der Waals surface area (Å²) < 4.78 is 0. The quantitative estimate of drug-likeness (QED) is 0.758. The highest BCUT2D eigenvalue weighted by atomic mass is 32.1. The molecule has 0 atom stereocenters. The molecule has 6 heteroatoms. The number of likely N-dealkylation sites (tertiary alicyclic amines) is 2. The lowest BCUT2D eigenvalue weighted by Crippen LogP contribution is -2.38. The van der Waals surface area contributed by atoms with Gasteiger partial charge < -0.3 is 4.90 Å². The first-order valence-corrected chi connectivity index (χ1v) is 11.2. The number of amides is 1. The van der Waals surface area contributed by atoms with Gasteiger partial charge in [-0.15, -0.1) is 11.3 Å². The summed E-state index contributed by atoms with van der Waals surface area (Å²) in [7, 11) is 0. The molecule has 1 aromatic rings. The van der Waals surface area contributed by atoms with Crippen LogP contribution in [0.1, 0.15) is 58.1 Å². The topological polar surface area (TPSA) is 39.7 Å². The maximum Gasteiger partial charge on any atom is 0.225 e. The third kappa shape index (κ3) is 5.51. The highest BCUT2D eigenvalue weighted by Gasteiger charge is 2.23. The van der Waals surface area contributed by atoms with E-state index in [9.17, 15) is 4.79 Å². The number of thiazole rings is 1. The van der Waals surface area contributed by atoms with Gasteiger partial charge in [-0.1, -0.05) is 12.8 Å². The van der Waals surface area contributed by atoms with Crippen LogP contribution in [0.15, 0.2) is 5.38 Å². The van der Waals surface area contributed by atoms with E-state index in [1.54, 1.807) is 23.2 Å². The van der Waals surface area contributed by atoms with Crippen molar-refractivity contribution in [3.05, 3.63) is 11.1 Å².